The van der Waals surface area contributed by atoms with Gasteiger partial charge in [-0.2, -0.15) is 0 Å². The molecule has 0 aliphatic carbocycles. The Labute approximate surface area is 97.9 Å². The topological polar surface area (TPSA) is 86.5 Å². The monoisotopic (exact) mass is 238 g/mol. The van der Waals surface area contributed by atoms with Crippen molar-refractivity contribution in [2.75, 3.05) is 32.7 Å². The van der Waals surface area contributed by atoms with Crippen molar-refractivity contribution in [3.8, 4) is 0 Å². The number of tetrazole rings is 1. The first-order chi connectivity index (χ1) is 8.33. The zero-order chi connectivity index (χ0) is 12.1. The zero-order valence-corrected chi connectivity index (χ0v) is 9.70. The number of rotatable bonds is 6. The molecule has 0 bridgehead atoms. The molecule has 0 aromatic carbocycles. The Bertz CT molecular complexity index is 473. The maximum atomic E-state index is 5.22. The van der Waals surface area contributed by atoms with Crippen LogP contribution in [0.5, 0.6) is 0 Å². The Morgan fingerprint density at radius 2 is 2.29 bits per heavy atom. The Morgan fingerprint density at radius 3 is 3.06 bits per heavy atom. The maximum absolute atomic E-state index is 5.22. The van der Waals surface area contributed by atoms with Crippen molar-refractivity contribution in [2.24, 2.45) is 0 Å². The fourth-order valence-corrected chi connectivity index (χ4v) is 1.36. The molecule has 1 N–H and O–H groups in total. The second-order valence-electron chi connectivity index (χ2n) is 3.44. The maximum Gasteiger partial charge on any atom is 0.200 e. The van der Waals surface area contributed by atoms with Gasteiger partial charge in [0.05, 0.1) is 12.7 Å². The van der Waals surface area contributed by atoms with Crippen LogP contribution < -0.4 is 5.32 Å². The third-order valence-corrected chi connectivity index (χ3v) is 2.27. The summed E-state index contributed by atoms with van der Waals surface area (Å²) in [4.78, 5) is 0. The van der Waals surface area contributed by atoms with Gasteiger partial charge in [0, 0.05) is 20.8 Å². The molecule has 0 spiro atoms. The molecule has 2 heterocycles. The molecule has 0 saturated heterocycles. The summed E-state index contributed by atoms with van der Waals surface area (Å²) >= 11 is 0. The number of hydrogen-bond donors (Lipinski definition) is 1. The standard InChI is InChI=1S/C9H14N6O2/c1-16-6-7(17-2)5-10-8-3-4-9-11-13-14-15(9)12-8/h3-4,7H,5-6H2,1-2H3,(H,10,12). The van der Waals surface area contributed by atoms with Gasteiger partial charge >= 0.3 is 0 Å². The van der Waals surface area contributed by atoms with E-state index in [1.54, 1.807) is 20.3 Å². The highest BCUT2D eigenvalue weighted by molar-refractivity contribution is 5.42. The third kappa shape index (κ3) is 2.86. The average Bonchev–Trinajstić information content (AvgIpc) is 2.81. The molecule has 0 aliphatic heterocycles. The number of nitrogens with one attached hydrogen (secondary N) is 1. The lowest BCUT2D eigenvalue weighted by atomic mass is 10.3. The van der Waals surface area contributed by atoms with Crippen LogP contribution in [0.2, 0.25) is 0 Å². The minimum absolute atomic E-state index is 0.0219. The number of ether oxygens (including phenoxy) is 2. The smallest absolute Gasteiger partial charge is 0.200 e. The van der Waals surface area contributed by atoms with Crippen molar-refractivity contribution in [1.29, 1.82) is 0 Å². The van der Waals surface area contributed by atoms with Crippen LogP contribution in [0.3, 0.4) is 0 Å². The lowest BCUT2D eigenvalue weighted by molar-refractivity contribution is 0.0365. The van der Waals surface area contributed by atoms with Crippen molar-refractivity contribution < 1.29 is 9.47 Å². The quantitative estimate of drug-likeness (QED) is 0.732. The highest BCUT2D eigenvalue weighted by Crippen LogP contribution is 2.03. The number of anilines is 1. The number of nitrogens with zero attached hydrogens (tertiary/aromatic N) is 5. The van der Waals surface area contributed by atoms with E-state index in [0.29, 0.717) is 24.6 Å². The van der Waals surface area contributed by atoms with Gasteiger partial charge in [-0.15, -0.1) is 14.8 Å². The predicted molar refractivity (Wildman–Crippen MR) is 59.7 cm³/mol. The van der Waals surface area contributed by atoms with Crippen molar-refractivity contribution in [2.45, 2.75) is 6.10 Å². The summed E-state index contributed by atoms with van der Waals surface area (Å²) in [6, 6.07) is 3.60. The van der Waals surface area contributed by atoms with Crippen LogP contribution in [0.1, 0.15) is 0 Å². The van der Waals surface area contributed by atoms with Gasteiger partial charge in [-0.05, 0) is 22.6 Å². The summed E-state index contributed by atoms with van der Waals surface area (Å²) < 4.78 is 11.6. The van der Waals surface area contributed by atoms with Crippen LogP contribution in [-0.2, 0) is 9.47 Å². The first-order valence-corrected chi connectivity index (χ1v) is 5.14. The molecule has 1 atom stereocenters. The largest absolute Gasteiger partial charge is 0.382 e. The molecule has 92 valence electrons. The highest BCUT2D eigenvalue weighted by atomic mass is 16.5. The molecule has 0 saturated carbocycles. The number of fused-ring (bicyclic) bond motifs is 1. The molecule has 8 nitrogen and oxygen atoms in total. The SMILES string of the molecule is COCC(CNc1ccc2nnnn2n1)OC. The van der Waals surface area contributed by atoms with E-state index in [-0.39, 0.29) is 6.10 Å². The van der Waals surface area contributed by atoms with Gasteiger partial charge in [0.15, 0.2) is 5.65 Å². The Morgan fingerprint density at radius 1 is 1.41 bits per heavy atom. The lowest BCUT2D eigenvalue weighted by Crippen LogP contribution is -2.27. The van der Waals surface area contributed by atoms with E-state index in [1.807, 2.05) is 6.07 Å². The van der Waals surface area contributed by atoms with E-state index in [4.69, 9.17) is 9.47 Å². The van der Waals surface area contributed by atoms with Crippen LogP contribution in [0.15, 0.2) is 12.1 Å². The summed E-state index contributed by atoms with van der Waals surface area (Å²) in [5, 5.41) is 18.3. The van der Waals surface area contributed by atoms with Crippen LogP contribution in [-0.4, -0.2) is 58.7 Å². The highest BCUT2D eigenvalue weighted by Gasteiger charge is 2.07. The van der Waals surface area contributed by atoms with E-state index in [2.05, 4.69) is 25.9 Å². The van der Waals surface area contributed by atoms with Gasteiger partial charge in [-0.1, -0.05) is 0 Å². The molecule has 0 amide bonds. The van der Waals surface area contributed by atoms with Gasteiger partial charge in [-0.25, -0.2) is 0 Å². The van der Waals surface area contributed by atoms with Crippen molar-refractivity contribution in [3.63, 3.8) is 0 Å². The Hall–Kier alpha value is -1.80. The van der Waals surface area contributed by atoms with E-state index >= 15 is 0 Å². The number of aromatic nitrogens is 5. The average molecular weight is 238 g/mol. The van der Waals surface area contributed by atoms with Crippen molar-refractivity contribution >= 4 is 11.5 Å². The molecule has 0 fully saturated rings. The summed E-state index contributed by atoms with van der Waals surface area (Å²) in [5.41, 5.74) is 0.607. The third-order valence-electron chi connectivity index (χ3n) is 2.27. The van der Waals surface area contributed by atoms with Gasteiger partial charge in [-0.3, -0.25) is 0 Å². The first kappa shape index (κ1) is 11.7. The number of hydrogen-bond acceptors (Lipinski definition) is 7. The fourth-order valence-electron chi connectivity index (χ4n) is 1.36. The summed E-state index contributed by atoms with van der Waals surface area (Å²) in [6.07, 6.45) is -0.0219. The van der Waals surface area contributed by atoms with Crippen LogP contribution >= 0.6 is 0 Å². The predicted octanol–water partition coefficient (Wildman–Crippen LogP) is -0.407. The Kier molecular flexibility index (Phi) is 3.78. The summed E-state index contributed by atoms with van der Waals surface area (Å²) in [5.74, 6) is 0.683. The molecular formula is C9H14N6O2. The van der Waals surface area contributed by atoms with Crippen molar-refractivity contribution in [3.05, 3.63) is 12.1 Å². The lowest BCUT2D eigenvalue weighted by Gasteiger charge is -2.14. The first-order valence-electron chi connectivity index (χ1n) is 5.14. The Balaban J connectivity index is 1.97. The van der Waals surface area contributed by atoms with E-state index in [0.717, 1.165) is 0 Å². The van der Waals surface area contributed by atoms with Gasteiger partial charge in [0.25, 0.3) is 0 Å². The van der Waals surface area contributed by atoms with Gasteiger partial charge in [0.1, 0.15) is 5.82 Å². The molecule has 2 aromatic heterocycles. The second-order valence-corrected chi connectivity index (χ2v) is 3.44. The van der Waals surface area contributed by atoms with E-state index in [9.17, 15) is 0 Å². The molecule has 8 heteroatoms. The van der Waals surface area contributed by atoms with Crippen LogP contribution in [0, 0.1) is 0 Å². The van der Waals surface area contributed by atoms with Crippen LogP contribution in [0.25, 0.3) is 5.65 Å². The molecule has 0 aliphatic rings. The molecule has 2 rings (SSSR count). The van der Waals surface area contributed by atoms with Crippen LogP contribution in [0.4, 0.5) is 5.82 Å². The minimum atomic E-state index is -0.0219. The summed E-state index contributed by atoms with van der Waals surface area (Å²) in [7, 11) is 3.28. The van der Waals surface area contributed by atoms with E-state index < -0.39 is 0 Å². The van der Waals surface area contributed by atoms with Gasteiger partial charge < -0.3 is 14.8 Å². The summed E-state index contributed by atoms with van der Waals surface area (Å²) in [6.45, 7) is 1.13. The van der Waals surface area contributed by atoms with E-state index in [1.165, 1.54) is 4.63 Å². The zero-order valence-electron chi connectivity index (χ0n) is 9.70. The van der Waals surface area contributed by atoms with Crippen molar-refractivity contribution in [1.82, 2.24) is 25.3 Å². The molecule has 17 heavy (non-hydrogen) atoms. The second kappa shape index (κ2) is 5.51. The molecule has 2 aromatic rings. The fraction of sp³-hybridized carbons (Fsp3) is 0.556. The molecule has 0 radical (unpaired) electrons. The minimum Gasteiger partial charge on any atom is -0.382 e. The van der Waals surface area contributed by atoms with Gasteiger partial charge in [0.2, 0.25) is 0 Å². The molecular weight excluding hydrogens is 224 g/mol. The normalized spacial score (nSPS) is 12.8. The number of methoxy groups -OCH3 is 2. The molecule has 1 unspecified atom stereocenters.